The summed E-state index contributed by atoms with van der Waals surface area (Å²) < 4.78 is 7.51. The van der Waals surface area contributed by atoms with Crippen LogP contribution in [-0.4, -0.2) is 51.3 Å². The van der Waals surface area contributed by atoms with Crippen molar-refractivity contribution in [2.75, 3.05) is 19.7 Å². The normalized spacial score (nSPS) is 17.7. The van der Waals surface area contributed by atoms with Gasteiger partial charge in [-0.15, -0.1) is 0 Å². The quantitative estimate of drug-likeness (QED) is 0.910. The number of pyridine rings is 1. The van der Waals surface area contributed by atoms with Gasteiger partial charge in [-0.3, -0.25) is 4.57 Å². The monoisotopic (exact) mass is 329 g/mol. The number of carbonyl (C=O) groups excluding carboxylic acids is 1. The van der Waals surface area contributed by atoms with Gasteiger partial charge in [-0.1, -0.05) is 19.4 Å². The first-order valence-electron chi connectivity index (χ1n) is 8.34. The van der Waals surface area contributed by atoms with Gasteiger partial charge in [0, 0.05) is 38.2 Å². The Morgan fingerprint density at radius 3 is 3.08 bits per heavy atom. The van der Waals surface area contributed by atoms with Gasteiger partial charge in [0.15, 0.2) is 0 Å². The maximum atomic E-state index is 12.3. The summed E-state index contributed by atoms with van der Waals surface area (Å²) in [5, 5.41) is 2.96. The highest BCUT2D eigenvalue weighted by Gasteiger charge is 2.23. The molecule has 0 unspecified atom stereocenters. The van der Waals surface area contributed by atoms with E-state index in [9.17, 15) is 4.79 Å². The maximum absolute atomic E-state index is 12.3. The van der Waals surface area contributed by atoms with E-state index in [0.29, 0.717) is 26.2 Å². The van der Waals surface area contributed by atoms with Gasteiger partial charge >= 0.3 is 6.03 Å². The highest BCUT2D eigenvalue weighted by Crippen LogP contribution is 2.11. The third-order valence-corrected chi connectivity index (χ3v) is 4.06. The number of imidazole rings is 1. The minimum atomic E-state index is -0.0434. The Morgan fingerprint density at radius 2 is 2.38 bits per heavy atom. The SMILES string of the molecule is CCC[C@H]1CN(C(=O)NCc2ccc(-n3ccnc3)nc2)CCO1. The summed E-state index contributed by atoms with van der Waals surface area (Å²) in [6.45, 7) is 4.51. The van der Waals surface area contributed by atoms with Crippen molar-refractivity contribution in [3.63, 3.8) is 0 Å². The topological polar surface area (TPSA) is 72.3 Å². The van der Waals surface area contributed by atoms with Crippen LogP contribution in [0.25, 0.3) is 5.82 Å². The Bertz CT molecular complexity index is 640. The number of morpholine rings is 1. The van der Waals surface area contributed by atoms with E-state index in [1.807, 2.05) is 27.8 Å². The second-order valence-corrected chi connectivity index (χ2v) is 5.88. The molecule has 7 heteroatoms. The predicted molar refractivity (Wildman–Crippen MR) is 89.8 cm³/mol. The molecular formula is C17H23N5O2. The molecule has 1 atom stereocenters. The number of hydrogen-bond donors (Lipinski definition) is 1. The fourth-order valence-electron chi connectivity index (χ4n) is 2.76. The molecular weight excluding hydrogens is 306 g/mol. The molecule has 2 amide bonds. The van der Waals surface area contributed by atoms with Crippen LogP contribution >= 0.6 is 0 Å². The maximum Gasteiger partial charge on any atom is 0.317 e. The molecule has 7 nitrogen and oxygen atoms in total. The molecule has 1 fully saturated rings. The van der Waals surface area contributed by atoms with Crippen LogP contribution in [0.3, 0.4) is 0 Å². The summed E-state index contributed by atoms with van der Waals surface area (Å²) >= 11 is 0. The lowest BCUT2D eigenvalue weighted by atomic mass is 10.2. The zero-order valence-corrected chi connectivity index (χ0v) is 13.9. The zero-order chi connectivity index (χ0) is 16.8. The smallest absolute Gasteiger partial charge is 0.317 e. The lowest BCUT2D eigenvalue weighted by molar-refractivity contribution is -0.0181. The molecule has 1 N–H and O–H groups in total. The third-order valence-electron chi connectivity index (χ3n) is 4.06. The number of amides is 2. The van der Waals surface area contributed by atoms with Gasteiger partial charge in [-0.05, 0) is 18.1 Å². The van der Waals surface area contributed by atoms with E-state index in [0.717, 1.165) is 24.2 Å². The Morgan fingerprint density at radius 1 is 1.46 bits per heavy atom. The van der Waals surface area contributed by atoms with Crippen LogP contribution in [0, 0.1) is 0 Å². The van der Waals surface area contributed by atoms with Crippen LogP contribution in [0.2, 0.25) is 0 Å². The van der Waals surface area contributed by atoms with E-state index in [-0.39, 0.29) is 12.1 Å². The lowest BCUT2D eigenvalue weighted by Crippen LogP contribution is -2.49. The van der Waals surface area contributed by atoms with Gasteiger partial charge in [-0.25, -0.2) is 14.8 Å². The van der Waals surface area contributed by atoms with Gasteiger partial charge in [0.05, 0.1) is 12.7 Å². The van der Waals surface area contributed by atoms with Crippen molar-refractivity contribution in [3.8, 4) is 5.82 Å². The minimum absolute atomic E-state index is 0.0434. The molecule has 0 saturated carbocycles. The van der Waals surface area contributed by atoms with Gasteiger partial charge < -0.3 is 15.0 Å². The van der Waals surface area contributed by atoms with E-state index in [4.69, 9.17) is 4.74 Å². The molecule has 0 aromatic carbocycles. The molecule has 128 valence electrons. The molecule has 1 saturated heterocycles. The number of aromatic nitrogens is 3. The number of hydrogen-bond acceptors (Lipinski definition) is 4. The molecule has 0 spiro atoms. The second-order valence-electron chi connectivity index (χ2n) is 5.88. The lowest BCUT2D eigenvalue weighted by Gasteiger charge is -2.32. The van der Waals surface area contributed by atoms with E-state index in [2.05, 4.69) is 22.2 Å². The van der Waals surface area contributed by atoms with Crippen molar-refractivity contribution in [3.05, 3.63) is 42.6 Å². The summed E-state index contributed by atoms with van der Waals surface area (Å²) in [6.07, 6.45) is 9.24. The summed E-state index contributed by atoms with van der Waals surface area (Å²) in [4.78, 5) is 22.5. The van der Waals surface area contributed by atoms with E-state index in [1.165, 1.54) is 0 Å². The number of ether oxygens (including phenoxy) is 1. The number of urea groups is 1. The van der Waals surface area contributed by atoms with Crippen molar-refractivity contribution < 1.29 is 9.53 Å². The summed E-state index contributed by atoms with van der Waals surface area (Å²) in [7, 11) is 0. The minimum Gasteiger partial charge on any atom is -0.375 e. The number of carbonyl (C=O) groups is 1. The van der Waals surface area contributed by atoms with Crippen LogP contribution in [0.5, 0.6) is 0 Å². The molecule has 3 heterocycles. The summed E-state index contributed by atoms with van der Waals surface area (Å²) in [5.41, 5.74) is 0.964. The van der Waals surface area contributed by atoms with Crippen molar-refractivity contribution in [1.82, 2.24) is 24.8 Å². The predicted octanol–water partition coefficient (Wildman–Crippen LogP) is 1.98. The molecule has 1 aliphatic rings. The molecule has 0 aliphatic carbocycles. The van der Waals surface area contributed by atoms with Crippen LogP contribution in [0.1, 0.15) is 25.3 Å². The molecule has 3 rings (SSSR count). The Balaban J connectivity index is 1.51. The van der Waals surface area contributed by atoms with Gasteiger partial charge in [0.2, 0.25) is 0 Å². The summed E-state index contributed by atoms with van der Waals surface area (Å²) in [5.74, 6) is 0.804. The van der Waals surface area contributed by atoms with E-state index < -0.39 is 0 Å². The average Bonchev–Trinajstić information content (AvgIpc) is 3.15. The van der Waals surface area contributed by atoms with E-state index >= 15 is 0 Å². The highest BCUT2D eigenvalue weighted by atomic mass is 16.5. The molecule has 1 aliphatic heterocycles. The standard InChI is InChI=1S/C17H23N5O2/c1-2-3-15-12-21(8-9-24-15)17(23)20-11-14-4-5-16(19-10-14)22-7-6-18-13-22/h4-7,10,13,15H,2-3,8-9,11-12H2,1H3,(H,20,23)/t15-/m0/s1. The van der Waals surface area contributed by atoms with Crippen LogP contribution in [-0.2, 0) is 11.3 Å². The summed E-state index contributed by atoms with van der Waals surface area (Å²) in [6, 6.07) is 3.83. The third kappa shape index (κ3) is 4.11. The van der Waals surface area contributed by atoms with Gasteiger partial charge in [0.1, 0.15) is 12.1 Å². The van der Waals surface area contributed by atoms with Crippen molar-refractivity contribution in [2.45, 2.75) is 32.4 Å². The van der Waals surface area contributed by atoms with Gasteiger partial charge in [-0.2, -0.15) is 0 Å². The van der Waals surface area contributed by atoms with E-state index in [1.54, 1.807) is 18.7 Å². The van der Waals surface area contributed by atoms with Crippen molar-refractivity contribution in [2.24, 2.45) is 0 Å². The number of rotatable bonds is 5. The first kappa shape index (κ1) is 16.4. The fourth-order valence-corrected chi connectivity index (χ4v) is 2.76. The fraction of sp³-hybridized carbons (Fsp3) is 0.471. The zero-order valence-electron chi connectivity index (χ0n) is 13.9. The molecule has 0 radical (unpaired) electrons. The highest BCUT2D eigenvalue weighted by molar-refractivity contribution is 5.74. The average molecular weight is 329 g/mol. The second kappa shape index (κ2) is 7.92. The Kier molecular flexibility index (Phi) is 5.43. The Hall–Kier alpha value is -2.41. The van der Waals surface area contributed by atoms with Crippen LogP contribution in [0.15, 0.2) is 37.1 Å². The molecule has 2 aromatic heterocycles. The van der Waals surface area contributed by atoms with Gasteiger partial charge in [0.25, 0.3) is 0 Å². The number of nitrogens with zero attached hydrogens (tertiary/aromatic N) is 4. The van der Waals surface area contributed by atoms with Crippen LogP contribution < -0.4 is 5.32 Å². The molecule has 2 aromatic rings. The Labute approximate surface area is 141 Å². The first-order valence-corrected chi connectivity index (χ1v) is 8.34. The van der Waals surface area contributed by atoms with Crippen LogP contribution in [0.4, 0.5) is 4.79 Å². The molecule has 0 bridgehead atoms. The van der Waals surface area contributed by atoms with Crippen molar-refractivity contribution in [1.29, 1.82) is 0 Å². The molecule has 24 heavy (non-hydrogen) atoms. The van der Waals surface area contributed by atoms with Crippen molar-refractivity contribution >= 4 is 6.03 Å². The largest absolute Gasteiger partial charge is 0.375 e. The number of nitrogens with one attached hydrogen (secondary N) is 1. The first-order chi connectivity index (χ1) is 11.8.